The van der Waals surface area contributed by atoms with Crippen LogP contribution in [0.4, 0.5) is 0 Å². The van der Waals surface area contributed by atoms with Crippen LogP contribution >= 0.6 is 11.6 Å². The molecule has 0 unspecified atom stereocenters. The van der Waals surface area contributed by atoms with Gasteiger partial charge in [-0.3, -0.25) is 0 Å². The van der Waals surface area contributed by atoms with Crippen LogP contribution in [-0.4, -0.2) is 29.7 Å². The third kappa shape index (κ3) is 3.99. The van der Waals surface area contributed by atoms with Crippen molar-refractivity contribution in [2.75, 3.05) is 0 Å². The summed E-state index contributed by atoms with van der Waals surface area (Å²) in [5.41, 5.74) is 0. The van der Waals surface area contributed by atoms with Crippen molar-refractivity contribution < 1.29 is 14.3 Å². The Morgan fingerprint density at radius 1 is 1.53 bits per heavy atom. The van der Waals surface area contributed by atoms with Gasteiger partial charge in [0.1, 0.15) is 0 Å². The number of carbonyl (C=O) groups is 1. The zero-order valence-corrected chi connectivity index (χ0v) is 10.3. The summed E-state index contributed by atoms with van der Waals surface area (Å²) in [5.74, 6) is -0.284. The second-order valence-corrected chi connectivity index (χ2v) is 4.83. The van der Waals surface area contributed by atoms with Crippen LogP contribution in [0.5, 0.6) is 0 Å². The fraction of sp³-hybridized carbons (Fsp3) is 0.909. The summed E-state index contributed by atoms with van der Waals surface area (Å²) in [7, 11) is 0. The molecule has 88 valence electrons. The van der Waals surface area contributed by atoms with Gasteiger partial charge >= 0.3 is 5.97 Å². The maximum atomic E-state index is 11.6. The average molecular weight is 235 g/mol. The van der Waals surface area contributed by atoms with Crippen molar-refractivity contribution in [1.29, 1.82) is 0 Å². The summed E-state index contributed by atoms with van der Waals surface area (Å²) < 4.78 is 10.7. The normalized spacial score (nSPS) is 31.7. The van der Waals surface area contributed by atoms with Gasteiger partial charge in [0.05, 0.1) is 12.2 Å². The number of esters is 1. The lowest BCUT2D eigenvalue weighted by Crippen LogP contribution is -2.39. The summed E-state index contributed by atoms with van der Waals surface area (Å²) >= 11 is 6.08. The Morgan fingerprint density at radius 2 is 2.20 bits per heavy atom. The molecule has 0 aromatic carbocycles. The SMILES string of the molecule is CC[C@H]1C[C@@H](Cl)C[C@H](C(=O)OC(C)C)O1. The molecule has 1 saturated heterocycles. The van der Waals surface area contributed by atoms with Crippen LogP contribution in [0.1, 0.15) is 40.0 Å². The molecule has 1 fully saturated rings. The number of halogens is 1. The van der Waals surface area contributed by atoms with E-state index in [1.54, 1.807) is 0 Å². The van der Waals surface area contributed by atoms with Gasteiger partial charge in [-0.2, -0.15) is 0 Å². The Morgan fingerprint density at radius 3 is 2.73 bits per heavy atom. The first kappa shape index (κ1) is 12.8. The number of carbonyl (C=O) groups excluding carboxylic acids is 1. The van der Waals surface area contributed by atoms with Crippen LogP contribution in [0.25, 0.3) is 0 Å². The molecule has 1 heterocycles. The summed E-state index contributed by atoms with van der Waals surface area (Å²) in [5, 5.41) is 0.0217. The van der Waals surface area contributed by atoms with E-state index in [1.165, 1.54) is 0 Å². The van der Waals surface area contributed by atoms with Crippen molar-refractivity contribution in [2.24, 2.45) is 0 Å². The van der Waals surface area contributed by atoms with Crippen LogP contribution in [0.3, 0.4) is 0 Å². The van der Waals surface area contributed by atoms with E-state index < -0.39 is 6.10 Å². The zero-order chi connectivity index (χ0) is 11.4. The maximum Gasteiger partial charge on any atom is 0.335 e. The zero-order valence-electron chi connectivity index (χ0n) is 9.53. The van der Waals surface area contributed by atoms with Gasteiger partial charge in [0.25, 0.3) is 0 Å². The minimum absolute atomic E-state index is 0.0217. The first-order valence-electron chi connectivity index (χ1n) is 5.53. The van der Waals surface area contributed by atoms with Crippen LogP contribution in [0, 0.1) is 0 Å². The van der Waals surface area contributed by atoms with Gasteiger partial charge in [-0.1, -0.05) is 6.92 Å². The molecule has 0 aromatic rings. The molecule has 0 saturated carbocycles. The van der Waals surface area contributed by atoms with E-state index in [4.69, 9.17) is 21.1 Å². The largest absolute Gasteiger partial charge is 0.461 e. The number of alkyl halides is 1. The average Bonchev–Trinajstić information content (AvgIpc) is 2.15. The Labute approximate surface area is 96.1 Å². The van der Waals surface area contributed by atoms with Gasteiger partial charge in [-0.25, -0.2) is 4.79 Å². The summed E-state index contributed by atoms with van der Waals surface area (Å²) in [6, 6.07) is 0. The van der Waals surface area contributed by atoms with Gasteiger partial charge in [-0.05, 0) is 26.7 Å². The number of hydrogen-bond acceptors (Lipinski definition) is 3. The van der Waals surface area contributed by atoms with Crippen molar-refractivity contribution >= 4 is 17.6 Å². The minimum atomic E-state index is -0.478. The molecule has 15 heavy (non-hydrogen) atoms. The number of hydrogen-bond donors (Lipinski definition) is 0. The van der Waals surface area contributed by atoms with Gasteiger partial charge in [0.2, 0.25) is 0 Å². The van der Waals surface area contributed by atoms with Crippen molar-refractivity contribution in [3.8, 4) is 0 Å². The van der Waals surface area contributed by atoms with E-state index in [1.807, 2.05) is 20.8 Å². The quantitative estimate of drug-likeness (QED) is 0.556. The van der Waals surface area contributed by atoms with Crippen LogP contribution in [0.15, 0.2) is 0 Å². The molecule has 0 radical (unpaired) electrons. The highest BCUT2D eigenvalue weighted by molar-refractivity contribution is 6.20. The molecule has 0 N–H and O–H groups in total. The van der Waals surface area contributed by atoms with Crippen molar-refractivity contribution in [3.05, 3.63) is 0 Å². The Bertz CT molecular complexity index is 218. The van der Waals surface area contributed by atoms with E-state index in [9.17, 15) is 4.79 Å². The van der Waals surface area contributed by atoms with Crippen LogP contribution in [0.2, 0.25) is 0 Å². The van der Waals surface area contributed by atoms with E-state index >= 15 is 0 Å². The maximum absolute atomic E-state index is 11.6. The third-order valence-electron chi connectivity index (χ3n) is 2.42. The summed E-state index contributed by atoms with van der Waals surface area (Å²) in [6.45, 7) is 5.69. The second kappa shape index (κ2) is 5.71. The van der Waals surface area contributed by atoms with E-state index in [0.717, 1.165) is 12.8 Å². The van der Waals surface area contributed by atoms with E-state index in [2.05, 4.69) is 0 Å². The second-order valence-electron chi connectivity index (χ2n) is 4.21. The minimum Gasteiger partial charge on any atom is -0.461 e. The lowest BCUT2D eigenvalue weighted by molar-refractivity contribution is -0.169. The van der Waals surface area contributed by atoms with E-state index in [0.29, 0.717) is 6.42 Å². The molecular formula is C11H19ClO3. The van der Waals surface area contributed by atoms with Crippen LogP contribution < -0.4 is 0 Å². The molecule has 0 spiro atoms. The first-order valence-corrected chi connectivity index (χ1v) is 5.96. The van der Waals surface area contributed by atoms with Crippen molar-refractivity contribution in [2.45, 2.75) is 63.7 Å². The van der Waals surface area contributed by atoms with Gasteiger partial charge in [0, 0.05) is 11.8 Å². The molecule has 0 aliphatic carbocycles. The topological polar surface area (TPSA) is 35.5 Å². The lowest BCUT2D eigenvalue weighted by Gasteiger charge is -2.31. The highest BCUT2D eigenvalue weighted by Crippen LogP contribution is 2.26. The van der Waals surface area contributed by atoms with Gasteiger partial charge in [-0.15, -0.1) is 11.6 Å². The smallest absolute Gasteiger partial charge is 0.335 e. The Kier molecular flexibility index (Phi) is 4.87. The standard InChI is InChI=1S/C11H19ClO3/c1-4-9-5-8(12)6-10(15-9)11(13)14-7(2)3/h7-10H,4-6H2,1-3H3/t8-,9+,10-/m1/s1. The summed E-state index contributed by atoms with van der Waals surface area (Å²) in [6.07, 6.45) is 1.78. The highest BCUT2D eigenvalue weighted by Gasteiger charge is 2.33. The molecule has 3 atom stereocenters. The number of rotatable bonds is 3. The highest BCUT2D eigenvalue weighted by atomic mass is 35.5. The van der Waals surface area contributed by atoms with E-state index in [-0.39, 0.29) is 23.6 Å². The predicted molar refractivity (Wildman–Crippen MR) is 59.1 cm³/mol. The van der Waals surface area contributed by atoms with Gasteiger partial charge < -0.3 is 9.47 Å². The lowest BCUT2D eigenvalue weighted by atomic mass is 10.0. The molecular weight excluding hydrogens is 216 g/mol. The van der Waals surface area contributed by atoms with Gasteiger partial charge in [0.15, 0.2) is 6.10 Å². The molecule has 1 aliphatic rings. The number of ether oxygens (including phenoxy) is 2. The first-order chi connectivity index (χ1) is 7.02. The van der Waals surface area contributed by atoms with Crippen molar-refractivity contribution in [3.63, 3.8) is 0 Å². The van der Waals surface area contributed by atoms with Crippen molar-refractivity contribution in [1.82, 2.24) is 0 Å². The molecule has 1 aliphatic heterocycles. The molecule has 0 aromatic heterocycles. The summed E-state index contributed by atoms with van der Waals surface area (Å²) in [4.78, 5) is 11.6. The predicted octanol–water partition coefficient (Wildman–Crippen LogP) is 2.50. The van der Waals surface area contributed by atoms with Crippen LogP contribution in [-0.2, 0) is 14.3 Å². The molecule has 0 amide bonds. The Balaban J connectivity index is 2.50. The molecule has 0 bridgehead atoms. The third-order valence-corrected chi connectivity index (χ3v) is 2.77. The molecule has 3 nitrogen and oxygen atoms in total. The fourth-order valence-electron chi connectivity index (χ4n) is 1.68. The monoisotopic (exact) mass is 234 g/mol. The molecule has 4 heteroatoms. The molecule has 1 rings (SSSR count). The Hall–Kier alpha value is -0.280. The fourth-order valence-corrected chi connectivity index (χ4v) is 2.04.